The molecule has 0 bridgehead atoms. The molecule has 0 rings (SSSR count). The first-order valence-corrected chi connectivity index (χ1v) is 2.46. The molecular weight excluding hydrogens is 120 g/mol. The maximum absolute atomic E-state index is 9.47. The molecule has 0 atom stereocenters. The van der Waals surface area contributed by atoms with Gasteiger partial charge in [0.15, 0.2) is 0 Å². The number of carboxylic acid groups (broad SMARTS) is 1. The maximum Gasteiger partial charge on any atom is 0.329 e. The smallest absolute Gasteiger partial charge is 0.329 e. The molecule has 0 fully saturated rings. The van der Waals surface area contributed by atoms with Crippen LogP contribution in [0.3, 0.4) is 0 Å². The Morgan fingerprint density at radius 1 is 1.89 bits per heavy atom. The van der Waals surface area contributed by atoms with E-state index in [2.05, 4.69) is 11.3 Å². The van der Waals surface area contributed by atoms with Crippen LogP contribution in [0, 0.1) is 0 Å². The van der Waals surface area contributed by atoms with Crippen molar-refractivity contribution in [3.63, 3.8) is 0 Å². The number of carbonyl (C=O) groups is 1. The molecule has 0 aromatic heterocycles. The molecule has 0 aromatic rings. The number of methoxy groups -OCH3 is 1. The molecule has 0 aliphatic rings. The molecule has 0 saturated carbocycles. The Kier molecular flexibility index (Phi) is 12.5. The fraction of sp³-hybridized carbons (Fsp3) is 0.500. The molecular formula is C6H12O3. The zero-order valence-electron chi connectivity index (χ0n) is 5.76. The number of allylic oxidation sites excluding steroid dienone is 1. The summed E-state index contributed by atoms with van der Waals surface area (Å²) < 4.78 is 4.20. The highest BCUT2D eigenvalue weighted by Gasteiger charge is 1.87. The van der Waals surface area contributed by atoms with Gasteiger partial charge in [0, 0.05) is 7.11 Å². The molecule has 3 nitrogen and oxygen atoms in total. The number of hydrogen-bond acceptors (Lipinski definition) is 2. The van der Waals surface area contributed by atoms with Crippen molar-refractivity contribution < 1.29 is 14.6 Å². The van der Waals surface area contributed by atoms with Crippen LogP contribution in [-0.2, 0) is 9.53 Å². The SMILES string of the molecule is C=CC.COCC(=O)O. The number of aliphatic carboxylic acids is 1. The summed E-state index contributed by atoms with van der Waals surface area (Å²) in [6.07, 6.45) is 1.75. The summed E-state index contributed by atoms with van der Waals surface area (Å²) in [6.45, 7) is 5.04. The van der Waals surface area contributed by atoms with Gasteiger partial charge in [0.25, 0.3) is 0 Å². The predicted octanol–water partition coefficient (Wildman–Crippen LogP) is 0.910. The molecule has 0 aromatic carbocycles. The molecule has 54 valence electrons. The molecule has 0 aliphatic carbocycles. The summed E-state index contributed by atoms with van der Waals surface area (Å²) in [6, 6.07) is 0. The first-order chi connectivity index (χ1) is 4.18. The van der Waals surface area contributed by atoms with Crippen LogP contribution in [0.1, 0.15) is 6.92 Å². The van der Waals surface area contributed by atoms with Gasteiger partial charge in [-0.15, -0.1) is 6.58 Å². The van der Waals surface area contributed by atoms with Gasteiger partial charge in [-0.25, -0.2) is 4.79 Å². The summed E-state index contributed by atoms with van der Waals surface area (Å²) in [5.41, 5.74) is 0. The van der Waals surface area contributed by atoms with Crippen LogP contribution in [0.2, 0.25) is 0 Å². The van der Waals surface area contributed by atoms with E-state index < -0.39 is 5.97 Å². The van der Waals surface area contributed by atoms with Gasteiger partial charge in [0.05, 0.1) is 0 Å². The van der Waals surface area contributed by atoms with Crippen LogP contribution in [0.4, 0.5) is 0 Å². The minimum atomic E-state index is -0.933. The van der Waals surface area contributed by atoms with Gasteiger partial charge in [-0.2, -0.15) is 0 Å². The Morgan fingerprint density at radius 3 is 2.22 bits per heavy atom. The van der Waals surface area contributed by atoms with Gasteiger partial charge >= 0.3 is 5.97 Å². The highest BCUT2D eigenvalue weighted by molar-refractivity contribution is 5.67. The molecule has 0 amide bonds. The first kappa shape index (κ1) is 11.0. The standard InChI is InChI=1S/C3H6O3.C3H6/c1-6-2-3(4)5;1-3-2/h2H2,1H3,(H,4,5);3H,1H2,2H3. The summed E-state index contributed by atoms with van der Waals surface area (Å²) in [4.78, 5) is 9.47. The largest absolute Gasteiger partial charge is 0.480 e. The molecule has 0 spiro atoms. The van der Waals surface area contributed by atoms with Crippen LogP contribution in [0.25, 0.3) is 0 Å². The predicted molar refractivity (Wildman–Crippen MR) is 35.4 cm³/mol. The Hall–Kier alpha value is -0.830. The number of ether oxygens (including phenoxy) is 1. The van der Waals surface area contributed by atoms with E-state index in [4.69, 9.17) is 5.11 Å². The highest BCUT2D eigenvalue weighted by atomic mass is 16.5. The monoisotopic (exact) mass is 132 g/mol. The Morgan fingerprint density at radius 2 is 2.22 bits per heavy atom. The highest BCUT2D eigenvalue weighted by Crippen LogP contribution is 1.61. The van der Waals surface area contributed by atoms with Crippen molar-refractivity contribution >= 4 is 5.97 Å². The van der Waals surface area contributed by atoms with E-state index in [1.807, 2.05) is 6.92 Å². The van der Waals surface area contributed by atoms with Crippen molar-refractivity contribution in [3.8, 4) is 0 Å². The van der Waals surface area contributed by atoms with Crippen LogP contribution < -0.4 is 0 Å². The normalized spacial score (nSPS) is 6.89. The average molecular weight is 132 g/mol. The quantitative estimate of drug-likeness (QED) is 0.568. The van der Waals surface area contributed by atoms with Gasteiger partial charge in [-0.3, -0.25) is 0 Å². The Balaban J connectivity index is 0. The van der Waals surface area contributed by atoms with Crippen LogP contribution >= 0.6 is 0 Å². The lowest BCUT2D eigenvalue weighted by atomic mass is 10.8. The maximum atomic E-state index is 9.47. The summed E-state index contributed by atoms with van der Waals surface area (Å²) in [7, 11) is 1.34. The topological polar surface area (TPSA) is 46.5 Å². The molecule has 0 radical (unpaired) electrons. The minimum Gasteiger partial charge on any atom is -0.480 e. The molecule has 1 N–H and O–H groups in total. The van der Waals surface area contributed by atoms with E-state index in [9.17, 15) is 4.79 Å². The third-order valence-corrected chi connectivity index (χ3v) is 0.268. The van der Waals surface area contributed by atoms with Crippen molar-refractivity contribution in [1.82, 2.24) is 0 Å². The van der Waals surface area contributed by atoms with E-state index in [0.717, 1.165) is 0 Å². The second-order valence-electron chi connectivity index (χ2n) is 1.23. The van der Waals surface area contributed by atoms with Crippen LogP contribution in [-0.4, -0.2) is 24.8 Å². The number of hydrogen-bond donors (Lipinski definition) is 1. The second-order valence-corrected chi connectivity index (χ2v) is 1.23. The van der Waals surface area contributed by atoms with Gasteiger partial charge in [0.1, 0.15) is 6.61 Å². The van der Waals surface area contributed by atoms with Gasteiger partial charge in [0.2, 0.25) is 0 Å². The van der Waals surface area contributed by atoms with Gasteiger partial charge in [-0.1, -0.05) is 6.08 Å². The summed E-state index contributed by atoms with van der Waals surface area (Å²) in [5.74, 6) is -0.933. The third-order valence-electron chi connectivity index (χ3n) is 0.268. The van der Waals surface area contributed by atoms with Crippen molar-refractivity contribution in [2.45, 2.75) is 6.92 Å². The summed E-state index contributed by atoms with van der Waals surface area (Å²) in [5, 5.41) is 7.79. The summed E-state index contributed by atoms with van der Waals surface area (Å²) >= 11 is 0. The lowest BCUT2D eigenvalue weighted by molar-refractivity contribution is -0.141. The van der Waals surface area contributed by atoms with Crippen molar-refractivity contribution in [3.05, 3.63) is 12.7 Å². The molecule has 9 heavy (non-hydrogen) atoms. The van der Waals surface area contributed by atoms with Gasteiger partial charge in [-0.05, 0) is 6.92 Å². The van der Waals surface area contributed by atoms with Crippen molar-refractivity contribution in [1.29, 1.82) is 0 Å². The Labute approximate surface area is 54.9 Å². The first-order valence-electron chi connectivity index (χ1n) is 2.46. The zero-order chi connectivity index (χ0) is 7.70. The van der Waals surface area contributed by atoms with Crippen molar-refractivity contribution in [2.75, 3.05) is 13.7 Å². The van der Waals surface area contributed by atoms with E-state index in [1.165, 1.54) is 7.11 Å². The fourth-order valence-corrected chi connectivity index (χ4v) is 0.123. The molecule has 0 heterocycles. The lowest BCUT2D eigenvalue weighted by Crippen LogP contribution is -2.02. The van der Waals surface area contributed by atoms with Crippen LogP contribution in [0.5, 0.6) is 0 Å². The van der Waals surface area contributed by atoms with Gasteiger partial charge < -0.3 is 9.84 Å². The van der Waals surface area contributed by atoms with E-state index >= 15 is 0 Å². The zero-order valence-corrected chi connectivity index (χ0v) is 5.76. The third kappa shape index (κ3) is 40.7. The average Bonchev–Trinajstić information content (AvgIpc) is 1.67. The van der Waals surface area contributed by atoms with E-state index in [1.54, 1.807) is 6.08 Å². The van der Waals surface area contributed by atoms with E-state index in [-0.39, 0.29) is 6.61 Å². The molecule has 0 unspecified atom stereocenters. The van der Waals surface area contributed by atoms with Crippen LogP contribution in [0.15, 0.2) is 12.7 Å². The lowest BCUT2D eigenvalue weighted by Gasteiger charge is -1.83. The fourth-order valence-electron chi connectivity index (χ4n) is 0.123. The molecule has 0 saturated heterocycles. The second kappa shape index (κ2) is 10.2. The Bertz CT molecular complexity index is 78.4. The number of carboxylic acids is 1. The molecule has 3 heteroatoms. The van der Waals surface area contributed by atoms with E-state index in [0.29, 0.717) is 0 Å². The van der Waals surface area contributed by atoms with Crippen molar-refractivity contribution in [2.24, 2.45) is 0 Å². The minimum absolute atomic E-state index is 0.208. The molecule has 0 aliphatic heterocycles. The number of rotatable bonds is 2.